The lowest BCUT2D eigenvalue weighted by Gasteiger charge is -2.20. The second kappa shape index (κ2) is 10.3. The third-order valence-electron chi connectivity index (χ3n) is 6.86. The second-order valence-electron chi connectivity index (χ2n) is 9.22. The van der Waals surface area contributed by atoms with Crippen molar-refractivity contribution in [2.45, 2.75) is 50.9 Å². The molecule has 7 heteroatoms. The van der Waals surface area contributed by atoms with Gasteiger partial charge in [0.2, 0.25) is 0 Å². The Balaban J connectivity index is 1.41. The maximum absolute atomic E-state index is 13.1. The second-order valence-corrected chi connectivity index (χ2v) is 9.22. The van der Waals surface area contributed by atoms with Gasteiger partial charge in [-0.15, -0.1) is 0 Å². The Bertz CT molecular complexity index is 1340. The molecule has 184 valence electrons. The Labute approximate surface area is 209 Å². The first-order chi connectivity index (χ1) is 17.5. The minimum Gasteiger partial charge on any atom is -0.511 e. The number of ether oxygens (including phenoxy) is 1. The van der Waals surface area contributed by atoms with Gasteiger partial charge >= 0.3 is 0 Å². The van der Waals surface area contributed by atoms with Gasteiger partial charge in [0.05, 0.1) is 35.3 Å². The quantitative estimate of drug-likeness (QED) is 0.421. The highest BCUT2D eigenvalue weighted by molar-refractivity contribution is 6.23. The van der Waals surface area contributed by atoms with Gasteiger partial charge in [0.15, 0.2) is 11.6 Å². The number of aliphatic hydroxyl groups excluding tert-OH is 1. The van der Waals surface area contributed by atoms with Crippen molar-refractivity contribution >= 4 is 23.0 Å². The van der Waals surface area contributed by atoms with Crippen molar-refractivity contribution < 1.29 is 24.0 Å². The van der Waals surface area contributed by atoms with Crippen molar-refractivity contribution in [3.63, 3.8) is 0 Å². The molecule has 3 aromatic rings. The van der Waals surface area contributed by atoms with E-state index < -0.39 is 0 Å². The van der Waals surface area contributed by atoms with Crippen LogP contribution in [0.5, 0.6) is 5.75 Å². The van der Waals surface area contributed by atoms with Crippen LogP contribution < -0.4 is 4.74 Å². The van der Waals surface area contributed by atoms with E-state index in [2.05, 4.69) is 5.16 Å². The summed E-state index contributed by atoms with van der Waals surface area (Å²) in [5.74, 6) is 1.36. The predicted octanol–water partition coefficient (Wildman–Crippen LogP) is 5.87. The van der Waals surface area contributed by atoms with E-state index >= 15 is 0 Å². The minimum absolute atomic E-state index is 0.0193. The molecular weight excluding hydrogens is 456 g/mol. The van der Waals surface area contributed by atoms with E-state index in [1.165, 1.54) is 0 Å². The Hall–Kier alpha value is -4.00. The Kier molecular flexibility index (Phi) is 6.80. The van der Waals surface area contributed by atoms with Gasteiger partial charge in [0.1, 0.15) is 17.3 Å². The summed E-state index contributed by atoms with van der Waals surface area (Å²) in [6, 6.07) is 17.2. The van der Waals surface area contributed by atoms with Gasteiger partial charge in [-0.2, -0.15) is 0 Å². The molecule has 5 rings (SSSR count). The monoisotopic (exact) mass is 484 g/mol. The number of rotatable bonds is 7. The molecule has 0 fully saturated rings. The van der Waals surface area contributed by atoms with Gasteiger partial charge in [0, 0.05) is 25.7 Å². The predicted molar refractivity (Wildman–Crippen MR) is 135 cm³/mol. The topological polar surface area (TPSA) is 102 Å². The van der Waals surface area contributed by atoms with Crippen molar-refractivity contribution in [1.29, 1.82) is 0 Å². The summed E-state index contributed by atoms with van der Waals surface area (Å²) in [5, 5.41) is 14.8. The van der Waals surface area contributed by atoms with Crippen LogP contribution in [0.4, 0.5) is 5.69 Å². The number of hydrogen-bond donors (Lipinski definition) is 1. The van der Waals surface area contributed by atoms with Crippen LogP contribution in [0.15, 0.2) is 75.4 Å². The summed E-state index contributed by atoms with van der Waals surface area (Å²) in [6.45, 7) is 0. The summed E-state index contributed by atoms with van der Waals surface area (Å²) in [6.07, 6.45) is 3.18. The van der Waals surface area contributed by atoms with E-state index in [4.69, 9.17) is 14.3 Å². The number of aliphatic imine (C=N–C) groups is 1. The molecule has 0 saturated heterocycles. The molecule has 2 aliphatic rings. The smallest absolute Gasteiger partial charge is 0.168 e. The first-order valence-corrected chi connectivity index (χ1v) is 12.3. The van der Waals surface area contributed by atoms with Crippen LogP contribution in [0.3, 0.4) is 0 Å². The molecule has 0 saturated carbocycles. The number of fused-ring (bicyclic) bond motifs is 1. The van der Waals surface area contributed by atoms with E-state index in [9.17, 15) is 14.7 Å². The zero-order valence-corrected chi connectivity index (χ0v) is 20.2. The molecule has 1 atom stereocenters. The number of aliphatic hydroxyl groups is 1. The minimum atomic E-state index is -0.116. The van der Waals surface area contributed by atoms with Crippen molar-refractivity contribution in [3.05, 3.63) is 88.5 Å². The summed E-state index contributed by atoms with van der Waals surface area (Å²) in [7, 11) is 1.59. The van der Waals surface area contributed by atoms with Crippen LogP contribution in [0.25, 0.3) is 0 Å². The zero-order valence-electron chi connectivity index (χ0n) is 20.2. The molecule has 0 aliphatic heterocycles. The Morgan fingerprint density at radius 1 is 1.06 bits per heavy atom. The van der Waals surface area contributed by atoms with E-state index in [-0.39, 0.29) is 28.8 Å². The Morgan fingerprint density at radius 3 is 2.56 bits per heavy atom. The van der Waals surface area contributed by atoms with Crippen molar-refractivity contribution in [1.82, 2.24) is 5.16 Å². The lowest BCUT2D eigenvalue weighted by molar-refractivity contribution is -0.115. The number of methoxy groups -OCH3 is 1. The highest BCUT2D eigenvalue weighted by atomic mass is 16.5. The lowest BCUT2D eigenvalue weighted by atomic mass is 9.81. The summed E-state index contributed by atoms with van der Waals surface area (Å²) >= 11 is 0. The number of ketones is 2. The first kappa shape index (κ1) is 23.7. The van der Waals surface area contributed by atoms with E-state index in [1.54, 1.807) is 31.4 Å². The summed E-state index contributed by atoms with van der Waals surface area (Å²) in [5.41, 5.74) is 3.66. The number of Topliss-reactive ketones (excluding diaryl/α,β-unsaturated/α-hetero) is 2. The fourth-order valence-electron chi connectivity index (χ4n) is 5.01. The SMILES string of the molecule is COc1ccc(N=C(CCc2noc3c2C(=O)CC(c2ccccc2)C3)C2=C(O)CCCC2=O)cc1. The number of allylic oxidation sites excluding steroid dienone is 2. The number of aromatic nitrogens is 1. The number of benzene rings is 2. The molecule has 0 bridgehead atoms. The Morgan fingerprint density at radius 2 is 1.83 bits per heavy atom. The maximum atomic E-state index is 13.1. The van der Waals surface area contributed by atoms with Gasteiger partial charge in [-0.1, -0.05) is 35.5 Å². The number of carbonyl (C=O) groups excluding carboxylic acids is 2. The maximum Gasteiger partial charge on any atom is 0.168 e. The third-order valence-corrected chi connectivity index (χ3v) is 6.86. The largest absolute Gasteiger partial charge is 0.511 e. The van der Waals surface area contributed by atoms with Crippen LogP contribution in [0.2, 0.25) is 0 Å². The van der Waals surface area contributed by atoms with Crippen molar-refractivity contribution in [3.8, 4) is 5.75 Å². The van der Waals surface area contributed by atoms with Gasteiger partial charge in [-0.05, 0) is 55.0 Å². The molecule has 0 radical (unpaired) electrons. The number of hydrogen-bond acceptors (Lipinski definition) is 7. The molecule has 2 aliphatic carbocycles. The highest BCUT2D eigenvalue weighted by Gasteiger charge is 2.33. The van der Waals surface area contributed by atoms with Gasteiger partial charge < -0.3 is 14.4 Å². The lowest BCUT2D eigenvalue weighted by Crippen LogP contribution is -2.21. The molecule has 2 aromatic carbocycles. The summed E-state index contributed by atoms with van der Waals surface area (Å²) in [4.78, 5) is 30.6. The molecule has 1 N–H and O–H groups in total. The average molecular weight is 485 g/mol. The molecule has 1 unspecified atom stereocenters. The number of carbonyl (C=O) groups is 2. The van der Waals surface area contributed by atoms with Crippen molar-refractivity contribution in [2.75, 3.05) is 7.11 Å². The fraction of sp³-hybridized carbons (Fsp3) is 0.310. The van der Waals surface area contributed by atoms with Gasteiger partial charge in [0.25, 0.3) is 0 Å². The van der Waals surface area contributed by atoms with Crippen LogP contribution in [0.1, 0.15) is 65.4 Å². The normalized spacial score (nSPS) is 18.4. The molecule has 36 heavy (non-hydrogen) atoms. The fourth-order valence-corrected chi connectivity index (χ4v) is 5.01. The molecule has 0 spiro atoms. The van der Waals surface area contributed by atoms with Crippen molar-refractivity contribution in [2.24, 2.45) is 4.99 Å². The zero-order chi connectivity index (χ0) is 25.1. The van der Waals surface area contributed by atoms with Crippen LogP contribution in [-0.2, 0) is 17.6 Å². The molecule has 0 amide bonds. The van der Waals surface area contributed by atoms with E-state index in [1.807, 2.05) is 30.3 Å². The standard InChI is InChI=1S/C29H28N2O5/c1-35-21-12-10-20(11-13-21)30-22(28-24(32)8-5-9-25(28)33)14-15-23-29-26(34)16-19(17-27(29)36-31-23)18-6-3-2-4-7-18/h2-4,6-7,10-13,19,32H,5,8-9,14-17H2,1H3. The average Bonchev–Trinajstić information content (AvgIpc) is 3.31. The van der Waals surface area contributed by atoms with E-state index in [0.29, 0.717) is 79.1 Å². The highest BCUT2D eigenvalue weighted by Crippen LogP contribution is 2.35. The number of nitrogens with zero attached hydrogens (tertiary/aromatic N) is 2. The van der Waals surface area contributed by atoms with Crippen LogP contribution in [-0.4, -0.2) is 34.7 Å². The molecule has 7 nitrogen and oxygen atoms in total. The van der Waals surface area contributed by atoms with E-state index in [0.717, 1.165) is 5.56 Å². The van der Waals surface area contributed by atoms with Gasteiger partial charge in [-0.25, -0.2) is 0 Å². The number of aryl methyl sites for hydroxylation is 1. The van der Waals surface area contributed by atoms with Gasteiger partial charge in [-0.3, -0.25) is 14.6 Å². The summed E-state index contributed by atoms with van der Waals surface area (Å²) < 4.78 is 10.8. The molecule has 1 aromatic heterocycles. The third kappa shape index (κ3) is 4.87. The van der Waals surface area contributed by atoms with Crippen LogP contribution >= 0.6 is 0 Å². The molecule has 1 heterocycles. The first-order valence-electron chi connectivity index (χ1n) is 12.3. The van der Waals surface area contributed by atoms with Crippen LogP contribution in [0, 0.1) is 0 Å². The molecular formula is C29H28N2O5.